The molecule has 42 heavy (non-hydrogen) atoms. The molecule has 0 atom stereocenters. The van der Waals surface area contributed by atoms with Crippen molar-refractivity contribution >= 4 is 49.9 Å². The van der Waals surface area contributed by atoms with Gasteiger partial charge in [-0.25, -0.2) is 4.98 Å². The molecule has 3 heteroatoms. The van der Waals surface area contributed by atoms with Gasteiger partial charge in [0.05, 0.1) is 0 Å². The van der Waals surface area contributed by atoms with Gasteiger partial charge in [-0.3, -0.25) is 0 Å². The van der Waals surface area contributed by atoms with Crippen LogP contribution >= 0.6 is 0 Å². The van der Waals surface area contributed by atoms with E-state index in [1.54, 1.807) is 6.20 Å². The zero-order chi connectivity index (χ0) is 27.9. The molecule has 0 radical (unpaired) electrons. The second-order valence-corrected chi connectivity index (χ2v) is 10.5. The highest BCUT2D eigenvalue weighted by Gasteiger charge is 2.16. The number of fused-ring (bicyclic) bond motifs is 4. The molecule has 8 aromatic rings. The molecule has 0 unspecified atom stereocenters. The Morgan fingerprint density at radius 3 is 1.83 bits per heavy atom. The van der Waals surface area contributed by atoms with Crippen LogP contribution in [0.25, 0.3) is 55.1 Å². The lowest BCUT2D eigenvalue weighted by molar-refractivity contribution is 0.654. The van der Waals surface area contributed by atoms with Crippen molar-refractivity contribution < 1.29 is 4.42 Å². The SMILES string of the molecule is c1ccc(-c2ccc(N(c3ccc4ccc(-c5ccccc5)cc4c3)c3ccc4c(c3)oc3ncccc34)cc2)cc1. The van der Waals surface area contributed by atoms with Gasteiger partial charge in [0.15, 0.2) is 0 Å². The Morgan fingerprint density at radius 2 is 1.05 bits per heavy atom. The van der Waals surface area contributed by atoms with Crippen LogP contribution in [-0.4, -0.2) is 4.98 Å². The summed E-state index contributed by atoms with van der Waals surface area (Å²) in [4.78, 5) is 6.73. The van der Waals surface area contributed by atoms with Gasteiger partial charge >= 0.3 is 0 Å². The molecule has 0 spiro atoms. The molecule has 8 rings (SSSR count). The first-order chi connectivity index (χ1) is 20.8. The number of hydrogen-bond acceptors (Lipinski definition) is 3. The summed E-state index contributed by atoms with van der Waals surface area (Å²) in [6.45, 7) is 0. The van der Waals surface area contributed by atoms with Gasteiger partial charge in [0.25, 0.3) is 0 Å². The first kappa shape index (κ1) is 24.2. The molecule has 0 bridgehead atoms. The maximum absolute atomic E-state index is 6.19. The highest BCUT2D eigenvalue weighted by molar-refractivity contribution is 6.05. The van der Waals surface area contributed by atoms with Crippen molar-refractivity contribution in [2.24, 2.45) is 0 Å². The van der Waals surface area contributed by atoms with Crippen molar-refractivity contribution in [1.82, 2.24) is 4.98 Å². The van der Waals surface area contributed by atoms with Crippen LogP contribution in [0.15, 0.2) is 162 Å². The number of rotatable bonds is 5. The Bertz CT molecular complexity index is 2180. The summed E-state index contributed by atoms with van der Waals surface area (Å²) in [5, 5.41) is 4.48. The van der Waals surface area contributed by atoms with Crippen molar-refractivity contribution in [3.63, 3.8) is 0 Å². The van der Waals surface area contributed by atoms with E-state index < -0.39 is 0 Å². The summed E-state index contributed by atoms with van der Waals surface area (Å²) in [5.74, 6) is 0. The normalized spacial score (nSPS) is 11.3. The van der Waals surface area contributed by atoms with E-state index in [4.69, 9.17) is 4.42 Å². The van der Waals surface area contributed by atoms with Gasteiger partial charge in [-0.1, -0.05) is 91.0 Å². The van der Waals surface area contributed by atoms with Crippen LogP contribution in [0.4, 0.5) is 17.1 Å². The number of hydrogen-bond donors (Lipinski definition) is 0. The standard InChI is InChI=1S/C39H26N2O/c1-3-8-27(9-4-1)29-15-18-33(19-16-29)41(35-21-22-36-37-12-7-23-40-39(37)42-38(36)26-35)34-20-17-30-13-14-31(24-32(30)25-34)28-10-5-2-6-11-28/h1-26H. The molecule has 0 aliphatic rings. The summed E-state index contributed by atoms with van der Waals surface area (Å²) in [6.07, 6.45) is 1.77. The van der Waals surface area contributed by atoms with E-state index in [1.165, 1.54) is 33.0 Å². The highest BCUT2D eigenvalue weighted by atomic mass is 16.3. The lowest BCUT2D eigenvalue weighted by Crippen LogP contribution is -2.09. The Balaban J connectivity index is 1.28. The minimum Gasteiger partial charge on any atom is -0.438 e. The quantitative estimate of drug-likeness (QED) is 0.218. The van der Waals surface area contributed by atoms with Gasteiger partial charge in [0, 0.05) is 40.1 Å². The van der Waals surface area contributed by atoms with E-state index in [1.807, 2.05) is 12.1 Å². The maximum Gasteiger partial charge on any atom is 0.227 e. The van der Waals surface area contributed by atoms with Crippen LogP contribution in [0.1, 0.15) is 0 Å². The molecule has 198 valence electrons. The van der Waals surface area contributed by atoms with E-state index in [9.17, 15) is 0 Å². The van der Waals surface area contributed by atoms with Crippen LogP contribution in [0.2, 0.25) is 0 Å². The second kappa shape index (κ2) is 10.1. The minimum absolute atomic E-state index is 0.655. The van der Waals surface area contributed by atoms with Gasteiger partial charge in [-0.05, 0) is 87.6 Å². The molecular weight excluding hydrogens is 512 g/mol. The van der Waals surface area contributed by atoms with E-state index in [2.05, 4.69) is 149 Å². The highest BCUT2D eigenvalue weighted by Crippen LogP contribution is 2.40. The summed E-state index contributed by atoms with van der Waals surface area (Å²) in [6, 6.07) is 53.6. The molecule has 2 aromatic heterocycles. The molecule has 2 heterocycles. The van der Waals surface area contributed by atoms with Gasteiger partial charge in [0.2, 0.25) is 5.71 Å². The topological polar surface area (TPSA) is 29.3 Å². The molecule has 0 aliphatic heterocycles. The molecular formula is C39H26N2O. The number of anilines is 3. The third-order valence-electron chi connectivity index (χ3n) is 7.91. The lowest BCUT2D eigenvalue weighted by Gasteiger charge is -2.26. The predicted octanol–water partition coefficient (Wildman–Crippen LogP) is 10.9. The third-order valence-corrected chi connectivity index (χ3v) is 7.91. The van der Waals surface area contributed by atoms with Crippen LogP contribution in [0.3, 0.4) is 0 Å². The average Bonchev–Trinajstić information content (AvgIpc) is 3.44. The molecule has 0 saturated heterocycles. The number of furan rings is 1. The fourth-order valence-corrected chi connectivity index (χ4v) is 5.80. The van der Waals surface area contributed by atoms with Crippen LogP contribution in [-0.2, 0) is 0 Å². The van der Waals surface area contributed by atoms with Crippen molar-refractivity contribution in [3.8, 4) is 22.3 Å². The summed E-state index contributed by atoms with van der Waals surface area (Å²) in [7, 11) is 0. The number of aromatic nitrogens is 1. The lowest BCUT2D eigenvalue weighted by atomic mass is 10.0. The molecule has 0 N–H and O–H groups in total. The first-order valence-corrected chi connectivity index (χ1v) is 14.1. The number of benzene rings is 6. The fraction of sp³-hybridized carbons (Fsp3) is 0. The molecule has 0 fully saturated rings. The second-order valence-electron chi connectivity index (χ2n) is 10.5. The van der Waals surface area contributed by atoms with Crippen LogP contribution in [0, 0.1) is 0 Å². The fourth-order valence-electron chi connectivity index (χ4n) is 5.80. The molecule has 6 aromatic carbocycles. The largest absolute Gasteiger partial charge is 0.438 e. The van der Waals surface area contributed by atoms with Crippen LogP contribution in [0.5, 0.6) is 0 Å². The monoisotopic (exact) mass is 538 g/mol. The summed E-state index contributed by atoms with van der Waals surface area (Å²) >= 11 is 0. The van der Waals surface area contributed by atoms with Crippen molar-refractivity contribution in [1.29, 1.82) is 0 Å². The van der Waals surface area contributed by atoms with Crippen molar-refractivity contribution in [2.75, 3.05) is 4.90 Å². The molecule has 0 saturated carbocycles. The number of pyridine rings is 1. The van der Waals surface area contributed by atoms with Crippen LogP contribution < -0.4 is 4.90 Å². The molecule has 3 nitrogen and oxygen atoms in total. The summed E-state index contributed by atoms with van der Waals surface area (Å²) in [5.41, 5.74) is 9.44. The third kappa shape index (κ3) is 4.29. The van der Waals surface area contributed by atoms with E-state index in [-0.39, 0.29) is 0 Å². The first-order valence-electron chi connectivity index (χ1n) is 14.1. The Morgan fingerprint density at radius 1 is 0.429 bits per heavy atom. The minimum atomic E-state index is 0.655. The zero-order valence-electron chi connectivity index (χ0n) is 22.8. The van der Waals surface area contributed by atoms with Gasteiger partial charge < -0.3 is 9.32 Å². The number of nitrogens with zero attached hydrogens (tertiary/aromatic N) is 2. The molecule has 0 amide bonds. The average molecular weight is 539 g/mol. The van der Waals surface area contributed by atoms with E-state index >= 15 is 0 Å². The van der Waals surface area contributed by atoms with Crippen molar-refractivity contribution in [3.05, 3.63) is 158 Å². The van der Waals surface area contributed by atoms with Gasteiger partial charge in [0.1, 0.15) is 5.58 Å². The van der Waals surface area contributed by atoms with Gasteiger partial charge in [-0.15, -0.1) is 0 Å². The summed E-state index contributed by atoms with van der Waals surface area (Å²) < 4.78 is 6.19. The smallest absolute Gasteiger partial charge is 0.227 e. The predicted molar refractivity (Wildman–Crippen MR) is 175 cm³/mol. The van der Waals surface area contributed by atoms with E-state index in [0.29, 0.717) is 5.71 Å². The zero-order valence-corrected chi connectivity index (χ0v) is 22.8. The Hall–Kier alpha value is -5.67. The van der Waals surface area contributed by atoms with Crippen molar-refractivity contribution in [2.45, 2.75) is 0 Å². The Kier molecular flexibility index (Phi) is 5.79. The van der Waals surface area contributed by atoms with Gasteiger partial charge in [-0.2, -0.15) is 0 Å². The molecule has 0 aliphatic carbocycles. The Labute approximate surface area is 243 Å². The van der Waals surface area contributed by atoms with E-state index in [0.717, 1.165) is 33.4 Å². The maximum atomic E-state index is 6.19.